The van der Waals surface area contributed by atoms with Gasteiger partial charge in [0.2, 0.25) is 5.89 Å². The van der Waals surface area contributed by atoms with Crippen LogP contribution in [0.25, 0.3) is 5.52 Å². The van der Waals surface area contributed by atoms with Crippen LogP contribution in [0.1, 0.15) is 61.8 Å². The number of anilines is 1. The van der Waals surface area contributed by atoms with Gasteiger partial charge in [-0.2, -0.15) is 5.10 Å². The third kappa shape index (κ3) is 2.94. The van der Waals surface area contributed by atoms with Crippen molar-refractivity contribution in [3.63, 3.8) is 0 Å². The third-order valence-electron chi connectivity index (χ3n) is 5.30. The van der Waals surface area contributed by atoms with E-state index in [-0.39, 0.29) is 11.0 Å². The molecule has 0 unspecified atom stereocenters. The fraction of sp³-hybridized carbons (Fsp3) is 0.400. The maximum absolute atomic E-state index is 13.5. The third-order valence-corrected chi connectivity index (χ3v) is 5.30. The quantitative estimate of drug-likeness (QED) is 0.549. The highest BCUT2D eigenvalue weighted by Crippen LogP contribution is 2.37. The molecule has 0 saturated carbocycles. The average molecular weight is 413 g/mol. The number of hydrogen-bond donors (Lipinski definition) is 1. The number of alkyl halides is 2. The molecule has 5 rings (SSSR count). The van der Waals surface area contributed by atoms with Crippen LogP contribution in [-0.4, -0.2) is 36.3 Å². The van der Waals surface area contributed by atoms with Crippen LogP contribution >= 0.6 is 0 Å². The van der Waals surface area contributed by atoms with E-state index in [4.69, 9.17) is 4.42 Å². The van der Waals surface area contributed by atoms with Crippen LogP contribution in [0.2, 0.25) is 0 Å². The summed E-state index contributed by atoms with van der Waals surface area (Å²) in [7, 11) is 0. The maximum Gasteiger partial charge on any atom is 0.319 e. The number of nitrogens with one attached hydrogen (secondary N) is 1. The molecule has 4 aromatic rings. The Hall–Kier alpha value is -3.30. The second kappa shape index (κ2) is 6.61. The summed E-state index contributed by atoms with van der Waals surface area (Å²) < 4.78 is 34.4. The van der Waals surface area contributed by atoms with Crippen molar-refractivity contribution in [1.82, 2.24) is 29.8 Å². The van der Waals surface area contributed by atoms with E-state index in [9.17, 15) is 8.78 Å². The van der Waals surface area contributed by atoms with Gasteiger partial charge in [0.1, 0.15) is 6.04 Å². The average Bonchev–Trinajstić information content (AvgIpc) is 3.43. The van der Waals surface area contributed by atoms with E-state index in [2.05, 4.69) is 25.3 Å². The SMILES string of the molecule is CC(C)(C)c1nnc(N2CCc3[nH]cnc3[C@H]2c2cc3c(C(F)F)cccn3n2)o1. The Bertz CT molecular complexity index is 1200. The van der Waals surface area contributed by atoms with Crippen molar-refractivity contribution in [3.05, 3.63) is 59.3 Å². The molecule has 0 bridgehead atoms. The van der Waals surface area contributed by atoms with E-state index in [0.29, 0.717) is 36.1 Å². The molecule has 0 spiro atoms. The van der Waals surface area contributed by atoms with E-state index in [1.54, 1.807) is 24.7 Å². The number of imidazole rings is 1. The largest absolute Gasteiger partial charge is 0.407 e. The van der Waals surface area contributed by atoms with Gasteiger partial charge in [0.25, 0.3) is 6.43 Å². The Morgan fingerprint density at radius 1 is 1.27 bits per heavy atom. The minimum absolute atomic E-state index is 0.0614. The number of aromatic amines is 1. The Labute approximate surface area is 170 Å². The van der Waals surface area contributed by atoms with Gasteiger partial charge in [0, 0.05) is 35.8 Å². The molecular formula is C20H21F2N7O. The minimum atomic E-state index is -2.59. The summed E-state index contributed by atoms with van der Waals surface area (Å²) >= 11 is 0. The van der Waals surface area contributed by atoms with Crippen LogP contribution in [0.3, 0.4) is 0 Å². The lowest BCUT2D eigenvalue weighted by molar-refractivity contribution is 0.152. The van der Waals surface area contributed by atoms with Crippen LogP contribution in [0.5, 0.6) is 0 Å². The van der Waals surface area contributed by atoms with E-state index in [1.165, 1.54) is 10.6 Å². The number of nitrogens with zero attached hydrogens (tertiary/aromatic N) is 6. The molecular weight excluding hydrogens is 392 g/mol. The van der Waals surface area contributed by atoms with Gasteiger partial charge >= 0.3 is 6.01 Å². The highest BCUT2D eigenvalue weighted by atomic mass is 19.3. The zero-order valence-electron chi connectivity index (χ0n) is 16.8. The first kappa shape index (κ1) is 18.7. The molecule has 1 aliphatic rings. The first-order valence-corrected chi connectivity index (χ1v) is 9.72. The number of fused-ring (bicyclic) bond motifs is 2. The van der Waals surface area contributed by atoms with Crippen LogP contribution in [0.4, 0.5) is 14.8 Å². The van der Waals surface area contributed by atoms with Crippen LogP contribution in [0.15, 0.2) is 35.1 Å². The maximum atomic E-state index is 13.5. The molecule has 4 aromatic heterocycles. The fourth-order valence-electron chi connectivity index (χ4n) is 3.79. The lowest BCUT2D eigenvalue weighted by Gasteiger charge is -2.32. The molecule has 0 saturated heterocycles. The van der Waals surface area contributed by atoms with Gasteiger partial charge in [-0.25, -0.2) is 18.3 Å². The molecule has 0 radical (unpaired) electrons. The van der Waals surface area contributed by atoms with Gasteiger partial charge in [-0.05, 0) is 18.2 Å². The molecule has 0 fully saturated rings. The molecule has 1 N–H and O–H groups in total. The predicted octanol–water partition coefficient (Wildman–Crippen LogP) is 3.83. The molecule has 8 nitrogen and oxygen atoms in total. The van der Waals surface area contributed by atoms with Crippen LogP contribution in [0, 0.1) is 0 Å². The summed E-state index contributed by atoms with van der Waals surface area (Å²) in [5, 5.41) is 13.0. The van der Waals surface area contributed by atoms with Crippen molar-refractivity contribution in [1.29, 1.82) is 0 Å². The molecule has 156 valence electrons. The topological polar surface area (TPSA) is 88.1 Å². The van der Waals surface area contributed by atoms with Gasteiger partial charge < -0.3 is 14.3 Å². The summed E-state index contributed by atoms with van der Waals surface area (Å²) in [6, 6.07) is 4.60. The van der Waals surface area contributed by atoms with Gasteiger partial charge in [-0.1, -0.05) is 25.9 Å². The summed E-state index contributed by atoms with van der Waals surface area (Å²) in [5.74, 6) is 0.527. The van der Waals surface area contributed by atoms with Crippen molar-refractivity contribution in [2.24, 2.45) is 0 Å². The molecule has 10 heteroatoms. The van der Waals surface area contributed by atoms with Gasteiger partial charge in [-0.3, -0.25) is 0 Å². The van der Waals surface area contributed by atoms with E-state index in [0.717, 1.165) is 11.4 Å². The highest BCUT2D eigenvalue weighted by Gasteiger charge is 2.37. The second-order valence-corrected chi connectivity index (χ2v) is 8.42. The van der Waals surface area contributed by atoms with E-state index in [1.807, 2.05) is 25.7 Å². The second-order valence-electron chi connectivity index (χ2n) is 8.42. The molecule has 0 amide bonds. The summed E-state index contributed by atoms with van der Waals surface area (Å²) in [4.78, 5) is 9.59. The van der Waals surface area contributed by atoms with Crippen molar-refractivity contribution in [2.75, 3.05) is 11.4 Å². The number of H-pyrrole nitrogens is 1. The summed E-state index contributed by atoms with van der Waals surface area (Å²) in [5.41, 5.74) is 2.37. The molecule has 0 aliphatic carbocycles. The summed E-state index contributed by atoms with van der Waals surface area (Å²) in [6.07, 6.45) is 1.42. The van der Waals surface area contributed by atoms with Crippen molar-refractivity contribution >= 4 is 11.5 Å². The fourth-order valence-corrected chi connectivity index (χ4v) is 3.79. The number of pyridine rings is 1. The summed E-state index contributed by atoms with van der Waals surface area (Å²) in [6.45, 7) is 6.59. The van der Waals surface area contributed by atoms with Gasteiger partial charge in [0.05, 0.1) is 23.2 Å². The Kier molecular flexibility index (Phi) is 4.12. The standard InChI is InChI=1S/C20H21F2N7O/c1-20(2,3)18-25-26-19(30-18)28-8-6-12-15(24-10-23-12)16(28)13-9-14-11(17(21)22)5-4-7-29(14)27-13/h4-5,7,9-10,16-17H,6,8H2,1-3H3,(H,23,24)/t16-/m1/s1. The lowest BCUT2D eigenvalue weighted by Crippen LogP contribution is -2.37. The number of hydrogen-bond acceptors (Lipinski definition) is 6. The first-order valence-electron chi connectivity index (χ1n) is 9.72. The molecule has 30 heavy (non-hydrogen) atoms. The molecule has 1 atom stereocenters. The van der Waals surface area contributed by atoms with Crippen LogP contribution < -0.4 is 4.90 Å². The lowest BCUT2D eigenvalue weighted by atomic mass is 9.97. The smallest absolute Gasteiger partial charge is 0.319 e. The molecule has 1 aliphatic heterocycles. The zero-order chi connectivity index (χ0) is 21.0. The number of rotatable bonds is 3. The first-order chi connectivity index (χ1) is 14.3. The van der Waals surface area contributed by atoms with Gasteiger partial charge in [-0.15, -0.1) is 5.10 Å². The Morgan fingerprint density at radius 2 is 2.10 bits per heavy atom. The Morgan fingerprint density at radius 3 is 2.83 bits per heavy atom. The van der Waals surface area contributed by atoms with Crippen LogP contribution in [-0.2, 0) is 11.8 Å². The highest BCUT2D eigenvalue weighted by molar-refractivity contribution is 5.58. The monoisotopic (exact) mass is 413 g/mol. The normalized spacial score (nSPS) is 17.1. The van der Waals surface area contributed by atoms with Crippen molar-refractivity contribution < 1.29 is 13.2 Å². The van der Waals surface area contributed by atoms with Crippen molar-refractivity contribution in [2.45, 2.75) is 45.1 Å². The Balaban J connectivity index is 1.64. The molecule has 5 heterocycles. The zero-order valence-corrected chi connectivity index (χ0v) is 16.8. The van der Waals surface area contributed by atoms with Crippen molar-refractivity contribution in [3.8, 4) is 0 Å². The van der Waals surface area contributed by atoms with Gasteiger partial charge in [0.15, 0.2) is 0 Å². The minimum Gasteiger partial charge on any atom is -0.407 e. The predicted molar refractivity (Wildman–Crippen MR) is 105 cm³/mol. The number of halogens is 2. The molecule has 0 aromatic carbocycles. The van der Waals surface area contributed by atoms with E-state index < -0.39 is 12.5 Å². The number of aromatic nitrogens is 6. The van der Waals surface area contributed by atoms with E-state index >= 15 is 0 Å².